The molecule has 3 saturated heterocycles. The molecule has 21 heteroatoms. The summed E-state index contributed by atoms with van der Waals surface area (Å²) in [6.45, 7) is 18.6. The van der Waals surface area contributed by atoms with Crippen LogP contribution >= 0.6 is 0 Å². The first-order valence-electron chi connectivity index (χ1n) is 24.3. The lowest BCUT2D eigenvalue weighted by atomic mass is 9.68. The van der Waals surface area contributed by atoms with E-state index >= 15 is 0 Å². The number of carbonyl (C=O) groups is 1. The normalized spacial score (nSPS) is 40.5. The molecule has 1 unspecified atom stereocenters. The molecule has 394 valence electrons. The molecule has 0 aliphatic carbocycles. The number of rotatable bonds is 12. The highest BCUT2D eigenvalue weighted by Gasteiger charge is 2.55. The molecule has 2 aromatic rings. The Hall–Kier alpha value is -2.77. The number of hydrogen-bond acceptors (Lipinski definition) is 17. The highest BCUT2D eigenvalue weighted by Crippen LogP contribution is 2.45. The number of aliphatic hydroxyl groups excluding tert-OH is 3. The SMILES string of the molecule is CC[C@H]1OC(=O)[C@H](C)[C@@H](C2C[C@@](C)(OC)[C@@H](O)[C@H](C)O2)[C@H](C)[C@@H](O[C@@H]2O[C@H](C)C[C@H](N(C)CCc3cn(Cc4ccc(S(N)(=O)=O)c(F)c4)nn3)[C@H]2O)[C@](C)(O)C[C@@H](C)CN(C)[C@H](C)[C@@H](O)[C@]1(C)O. The zero-order valence-corrected chi connectivity index (χ0v) is 43.5. The summed E-state index contributed by atoms with van der Waals surface area (Å²) in [4.78, 5) is 17.9. The van der Waals surface area contributed by atoms with E-state index in [2.05, 4.69) is 10.3 Å². The average molecular weight is 1000 g/mol. The van der Waals surface area contributed by atoms with Crippen LogP contribution in [0.4, 0.5) is 4.39 Å². The second-order valence-electron chi connectivity index (χ2n) is 21.2. The standard InChI is InChI=1S/C48H81FN6O13S/c1-14-38-48(10,61)41(57)30(6)54(12)23-26(2)21-46(8,60)43(28(4)39(29(5)44(59)67-38)36-22-47(9,64-13)42(58)31(7)66-36)68-45-40(56)35(19-27(3)65-45)53(11)18-17-33-25-55(52-51-33)24-32-15-16-37(34(49)20-32)69(50,62)63/h15-16,20,25-31,35-36,38-43,45,56-58,60-61H,14,17-19,21-24H2,1-13H3,(H2,50,62,63)/t26-,27-,28+,29-,30-,31+,35+,36?,38-,39+,40-,41-,42+,43-,45+,46-,47-,48-/m1/s1. The topological polar surface area (TPSA) is 262 Å². The van der Waals surface area contributed by atoms with E-state index in [0.717, 1.165) is 12.1 Å². The van der Waals surface area contributed by atoms with E-state index in [1.807, 2.05) is 44.7 Å². The summed E-state index contributed by atoms with van der Waals surface area (Å²) in [5.41, 5.74) is -3.46. The third-order valence-corrected chi connectivity index (χ3v) is 16.4. The predicted octanol–water partition coefficient (Wildman–Crippen LogP) is 2.21. The van der Waals surface area contributed by atoms with Crippen LogP contribution in [0.25, 0.3) is 0 Å². The van der Waals surface area contributed by atoms with Crippen molar-refractivity contribution in [2.75, 3.05) is 34.3 Å². The number of nitrogens with two attached hydrogens (primary N) is 1. The first kappa shape index (κ1) is 57.1. The Labute approximate surface area is 407 Å². The van der Waals surface area contributed by atoms with Crippen molar-refractivity contribution in [2.45, 2.75) is 197 Å². The molecule has 69 heavy (non-hydrogen) atoms. The number of nitrogens with zero attached hydrogens (tertiary/aromatic N) is 5. The van der Waals surface area contributed by atoms with E-state index in [-0.39, 0.29) is 31.7 Å². The molecule has 7 N–H and O–H groups in total. The van der Waals surface area contributed by atoms with Gasteiger partial charge in [0, 0.05) is 57.2 Å². The van der Waals surface area contributed by atoms with Crippen LogP contribution < -0.4 is 5.14 Å². The Morgan fingerprint density at radius 2 is 1.70 bits per heavy atom. The molecule has 1 aromatic carbocycles. The van der Waals surface area contributed by atoms with Gasteiger partial charge in [-0.2, -0.15) is 0 Å². The number of primary sulfonamides is 1. The van der Waals surface area contributed by atoms with Crippen LogP contribution in [-0.2, 0) is 51.5 Å². The fourth-order valence-electron chi connectivity index (χ4n) is 11.3. The van der Waals surface area contributed by atoms with Gasteiger partial charge in [-0.3, -0.25) is 4.79 Å². The number of ether oxygens (including phenoxy) is 5. The fraction of sp³-hybridized carbons (Fsp3) is 0.812. The molecule has 1 aromatic heterocycles. The van der Waals surface area contributed by atoms with Gasteiger partial charge in [0.1, 0.15) is 40.7 Å². The smallest absolute Gasteiger partial charge is 0.309 e. The molecule has 3 aliphatic heterocycles. The van der Waals surface area contributed by atoms with Crippen molar-refractivity contribution in [1.29, 1.82) is 0 Å². The number of carbonyl (C=O) groups excluding carboxylic acids is 1. The number of likely N-dealkylation sites (N-methyl/N-ethyl adjacent to an activating group) is 2. The van der Waals surface area contributed by atoms with Gasteiger partial charge in [0.25, 0.3) is 0 Å². The van der Waals surface area contributed by atoms with Crippen LogP contribution in [0.2, 0.25) is 0 Å². The number of methoxy groups -OCH3 is 1. The minimum Gasteiger partial charge on any atom is -0.459 e. The summed E-state index contributed by atoms with van der Waals surface area (Å²) in [5.74, 6) is -4.26. The highest BCUT2D eigenvalue weighted by molar-refractivity contribution is 7.89. The van der Waals surface area contributed by atoms with Gasteiger partial charge in [0.05, 0.1) is 53.8 Å². The van der Waals surface area contributed by atoms with Crippen LogP contribution in [0.3, 0.4) is 0 Å². The van der Waals surface area contributed by atoms with Crippen molar-refractivity contribution in [1.82, 2.24) is 24.8 Å². The number of benzene rings is 1. The van der Waals surface area contributed by atoms with E-state index in [0.29, 0.717) is 37.2 Å². The third-order valence-electron chi connectivity index (χ3n) is 15.4. The Morgan fingerprint density at radius 3 is 2.30 bits per heavy atom. The molecule has 0 bridgehead atoms. The predicted molar refractivity (Wildman–Crippen MR) is 252 cm³/mol. The first-order chi connectivity index (χ1) is 31.9. The lowest BCUT2D eigenvalue weighted by Crippen LogP contribution is -2.62. The van der Waals surface area contributed by atoms with Gasteiger partial charge in [0.2, 0.25) is 10.0 Å². The van der Waals surface area contributed by atoms with Gasteiger partial charge >= 0.3 is 5.97 Å². The molecule has 0 saturated carbocycles. The summed E-state index contributed by atoms with van der Waals surface area (Å²) in [6.07, 6.45) is -5.70. The lowest BCUT2D eigenvalue weighted by Gasteiger charge is -2.51. The molecule has 0 amide bonds. The zero-order chi connectivity index (χ0) is 51.7. The molecule has 5 rings (SSSR count). The highest BCUT2D eigenvalue weighted by atomic mass is 32.2. The maximum absolute atomic E-state index is 14.6. The molecule has 0 spiro atoms. The Balaban J connectivity index is 1.45. The summed E-state index contributed by atoms with van der Waals surface area (Å²) in [5, 5.41) is 73.4. The van der Waals surface area contributed by atoms with Gasteiger partial charge in [-0.15, -0.1) is 5.10 Å². The first-order valence-corrected chi connectivity index (χ1v) is 25.8. The van der Waals surface area contributed by atoms with Gasteiger partial charge in [-0.25, -0.2) is 22.6 Å². The van der Waals surface area contributed by atoms with E-state index in [9.17, 15) is 43.1 Å². The fourth-order valence-corrected chi connectivity index (χ4v) is 11.8. The van der Waals surface area contributed by atoms with Gasteiger partial charge in [0.15, 0.2) is 6.29 Å². The molecule has 4 heterocycles. The minimum atomic E-state index is -4.22. The molecule has 18 atom stereocenters. The minimum absolute atomic E-state index is 0.128. The largest absolute Gasteiger partial charge is 0.459 e. The van der Waals surface area contributed by atoms with Crippen molar-refractivity contribution in [2.24, 2.45) is 28.8 Å². The number of aromatic nitrogens is 3. The quantitative estimate of drug-likeness (QED) is 0.167. The number of halogens is 1. The van der Waals surface area contributed by atoms with Crippen molar-refractivity contribution < 1.29 is 66.8 Å². The van der Waals surface area contributed by atoms with Crippen molar-refractivity contribution in [3.63, 3.8) is 0 Å². The second-order valence-corrected chi connectivity index (χ2v) is 22.8. The number of aliphatic hydroxyl groups is 5. The summed E-state index contributed by atoms with van der Waals surface area (Å²) in [6, 6.07) is 2.60. The monoisotopic (exact) mass is 1000 g/mol. The zero-order valence-electron chi connectivity index (χ0n) is 42.7. The Kier molecular flexibility index (Phi) is 18.7. The maximum atomic E-state index is 14.6. The van der Waals surface area contributed by atoms with Gasteiger partial charge in [-0.05, 0) is 104 Å². The van der Waals surface area contributed by atoms with Crippen molar-refractivity contribution >= 4 is 16.0 Å². The van der Waals surface area contributed by atoms with Crippen LogP contribution in [0.5, 0.6) is 0 Å². The van der Waals surface area contributed by atoms with Gasteiger partial charge in [-0.1, -0.05) is 39.0 Å². The van der Waals surface area contributed by atoms with Crippen LogP contribution in [0, 0.1) is 29.5 Å². The van der Waals surface area contributed by atoms with Crippen molar-refractivity contribution in [3.8, 4) is 0 Å². The number of cyclic esters (lactones) is 1. The summed E-state index contributed by atoms with van der Waals surface area (Å²) < 4.78 is 71.4. The van der Waals surface area contributed by atoms with Crippen molar-refractivity contribution in [3.05, 3.63) is 41.5 Å². The van der Waals surface area contributed by atoms with E-state index in [1.54, 1.807) is 47.7 Å². The number of hydrogen-bond donors (Lipinski definition) is 6. The molecule has 3 aliphatic rings. The molecular weight excluding hydrogens is 920 g/mol. The molecule has 0 radical (unpaired) electrons. The molecule has 3 fully saturated rings. The lowest BCUT2D eigenvalue weighted by molar-refractivity contribution is -0.302. The van der Waals surface area contributed by atoms with Crippen LogP contribution in [-0.4, -0.2) is 183 Å². The van der Waals surface area contributed by atoms with E-state index in [4.69, 9.17) is 28.8 Å². The maximum Gasteiger partial charge on any atom is 0.309 e. The van der Waals surface area contributed by atoms with E-state index < -0.39 is 128 Å². The van der Waals surface area contributed by atoms with Crippen LogP contribution in [0.15, 0.2) is 29.3 Å². The van der Waals surface area contributed by atoms with Crippen LogP contribution in [0.1, 0.15) is 106 Å². The van der Waals surface area contributed by atoms with Gasteiger partial charge < -0.3 is 59.0 Å². The van der Waals surface area contributed by atoms with E-state index in [1.165, 1.54) is 24.8 Å². The summed E-state index contributed by atoms with van der Waals surface area (Å²) in [7, 11) is 0.993. The summed E-state index contributed by atoms with van der Waals surface area (Å²) >= 11 is 0. The Morgan fingerprint density at radius 1 is 1.03 bits per heavy atom. The number of sulfonamides is 1. The second kappa shape index (κ2) is 22.6. The molecule has 19 nitrogen and oxygen atoms in total. The Bertz CT molecular complexity index is 2130. The molecular formula is C48H81FN6O13S. The number of esters is 1. The average Bonchev–Trinajstić information content (AvgIpc) is 3.71. The third kappa shape index (κ3) is 13.1.